The zero-order valence-corrected chi connectivity index (χ0v) is 11.7. The monoisotopic (exact) mass is 289 g/mol. The number of urea groups is 1. The Bertz CT molecular complexity index is 656. The predicted molar refractivity (Wildman–Crippen MR) is 75.3 cm³/mol. The lowest BCUT2D eigenvalue weighted by Gasteiger charge is -2.23. The molecule has 110 valence electrons. The summed E-state index contributed by atoms with van der Waals surface area (Å²) in [6.07, 6.45) is 1.74. The first-order valence-corrected chi connectivity index (χ1v) is 6.90. The van der Waals surface area contributed by atoms with Gasteiger partial charge in [-0.05, 0) is 38.0 Å². The second-order valence-corrected chi connectivity index (χ2v) is 5.16. The average molecular weight is 289 g/mol. The van der Waals surface area contributed by atoms with Gasteiger partial charge in [0, 0.05) is 18.3 Å². The van der Waals surface area contributed by atoms with Gasteiger partial charge in [0.25, 0.3) is 0 Å². The lowest BCUT2D eigenvalue weighted by Crippen LogP contribution is -2.34. The number of benzene rings is 1. The number of amides is 2. The number of nitrogens with zero attached hydrogens (tertiary/aromatic N) is 2. The van der Waals surface area contributed by atoms with Crippen LogP contribution in [0.4, 0.5) is 14.9 Å². The molecule has 0 aliphatic carbocycles. The zero-order chi connectivity index (χ0) is 14.8. The van der Waals surface area contributed by atoms with E-state index >= 15 is 0 Å². The van der Waals surface area contributed by atoms with Crippen molar-refractivity contribution < 1.29 is 13.7 Å². The van der Waals surface area contributed by atoms with Crippen LogP contribution in [-0.2, 0) is 0 Å². The molecule has 2 heterocycles. The summed E-state index contributed by atoms with van der Waals surface area (Å²) >= 11 is 0. The summed E-state index contributed by atoms with van der Waals surface area (Å²) in [5.41, 5.74) is 1.24. The van der Waals surface area contributed by atoms with Crippen molar-refractivity contribution in [3.05, 3.63) is 47.6 Å². The maximum atomic E-state index is 13.2. The summed E-state index contributed by atoms with van der Waals surface area (Å²) in [4.78, 5) is 14.0. The molecule has 0 bridgehead atoms. The number of rotatable bonds is 2. The molecule has 21 heavy (non-hydrogen) atoms. The standard InChI is InChI=1S/C15H16FN3O2/c1-10-8-14(21-18-10)13-6-3-7-19(13)15(20)17-12-5-2-4-11(16)9-12/h2,4-5,8-9,13H,3,6-7H2,1H3,(H,17,20). The number of likely N-dealkylation sites (tertiary alicyclic amines) is 1. The Hall–Kier alpha value is -2.37. The van der Waals surface area contributed by atoms with Gasteiger partial charge in [-0.3, -0.25) is 0 Å². The molecule has 1 aromatic carbocycles. The minimum atomic E-state index is -0.378. The van der Waals surface area contributed by atoms with E-state index in [9.17, 15) is 9.18 Å². The number of anilines is 1. The molecular weight excluding hydrogens is 273 g/mol. The summed E-state index contributed by atoms with van der Waals surface area (Å²) in [6.45, 7) is 2.49. The number of hydrogen-bond donors (Lipinski definition) is 1. The number of hydrogen-bond acceptors (Lipinski definition) is 3. The Balaban J connectivity index is 1.74. The Kier molecular flexibility index (Phi) is 3.60. The third kappa shape index (κ3) is 2.89. The minimum absolute atomic E-state index is 0.111. The highest BCUT2D eigenvalue weighted by atomic mass is 19.1. The van der Waals surface area contributed by atoms with Crippen LogP contribution < -0.4 is 5.32 Å². The van der Waals surface area contributed by atoms with Crippen molar-refractivity contribution in [2.24, 2.45) is 0 Å². The van der Waals surface area contributed by atoms with Gasteiger partial charge in [0.1, 0.15) is 5.82 Å². The molecule has 1 aromatic heterocycles. The Morgan fingerprint density at radius 1 is 1.48 bits per heavy atom. The molecule has 1 atom stereocenters. The van der Waals surface area contributed by atoms with Gasteiger partial charge in [0.05, 0.1) is 11.7 Å². The minimum Gasteiger partial charge on any atom is -0.359 e. The van der Waals surface area contributed by atoms with Crippen molar-refractivity contribution in [3.63, 3.8) is 0 Å². The van der Waals surface area contributed by atoms with Crippen molar-refractivity contribution in [1.82, 2.24) is 10.1 Å². The maximum absolute atomic E-state index is 13.2. The summed E-state index contributed by atoms with van der Waals surface area (Å²) in [5.74, 6) is 0.316. The van der Waals surface area contributed by atoms with E-state index in [4.69, 9.17) is 4.52 Å². The number of nitrogens with one attached hydrogen (secondary N) is 1. The molecule has 5 nitrogen and oxygen atoms in total. The third-order valence-electron chi connectivity index (χ3n) is 3.56. The summed E-state index contributed by atoms with van der Waals surface area (Å²) in [5, 5.41) is 6.58. The van der Waals surface area contributed by atoms with Gasteiger partial charge in [-0.15, -0.1) is 0 Å². The van der Waals surface area contributed by atoms with Crippen molar-refractivity contribution in [2.75, 3.05) is 11.9 Å². The molecule has 1 fully saturated rings. The smallest absolute Gasteiger partial charge is 0.322 e. The summed E-state index contributed by atoms with van der Waals surface area (Å²) in [7, 11) is 0. The second-order valence-electron chi connectivity index (χ2n) is 5.16. The van der Waals surface area contributed by atoms with Crippen molar-refractivity contribution >= 4 is 11.7 Å². The van der Waals surface area contributed by atoms with Crippen LogP contribution in [0.3, 0.4) is 0 Å². The van der Waals surface area contributed by atoms with E-state index in [-0.39, 0.29) is 17.9 Å². The van der Waals surface area contributed by atoms with Crippen LogP contribution in [0.25, 0.3) is 0 Å². The normalized spacial score (nSPS) is 18.0. The van der Waals surface area contributed by atoms with Crippen molar-refractivity contribution in [1.29, 1.82) is 0 Å². The van der Waals surface area contributed by atoms with Gasteiger partial charge in [-0.25, -0.2) is 9.18 Å². The van der Waals surface area contributed by atoms with E-state index < -0.39 is 0 Å². The molecule has 2 amide bonds. The number of carbonyl (C=O) groups excluding carboxylic acids is 1. The first-order chi connectivity index (χ1) is 10.1. The van der Waals surface area contributed by atoms with E-state index in [0.29, 0.717) is 18.0 Å². The zero-order valence-electron chi connectivity index (χ0n) is 11.7. The Morgan fingerprint density at radius 2 is 2.33 bits per heavy atom. The van der Waals surface area contributed by atoms with Gasteiger partial charge in [-0.1, -0.05) is 11.2 Å². The summed E-state index contributed by atoms with van der Waals surface area (Å²) < 4.78 is 18.4. The molecule has 1 N–H and O–H groups in total. The molecule has 1 aliphatic rings. The average Bonchev–Trinajstić information content (AvgIpc) is 3.06. The number of carbonyl (C=O) groups is 1. The van der Waals surface area contributed by atoms with Crippen LogP contribution in [-0.4, -0.2) is 22.6 Å². The fraction of sp³-hybridized carbons (Fsp3) is 0.333. The molecule has 0 radical (unpaired) electrons. The first kappa shape index (κ1) is 13.6. The van der Waals surface area contributed by atoms with Crippen molar-refractivity contribution in [3.8, 4) is 0 Å². The molecule has 0 saturated carbocycles. The fourth-order valence-corrected chi connectivity index (χ4v) is 2.61. The van der Waals surface area contributed by atoms with E-state index in [1.807, 2.05) is 13.0 Å². The molecule has 0 spiro atoms. The third-order valence-corrected chi connectivity index (χ3v) is 3.56. The van der Waals surface area contributed by atoms with Crippen LogP contribution in [0, 0.1) is 12.7 Å². The predicted octanol–water partition coefficient (Wildman–Crippen LogP) is 3.49. The van der Waals surface area contributed by atoms with Gasteiger partial charge >= 0.3 is 6.03 Å². The highest BCUT2D eigenvalue weighted by Gasteiger charge is 2.32. The number of halogens is 1. The van der Waals surface area contributed by atoms with E-state index in [1.54, 1.807) is 17.0 Å². The molecule has 2 aromatic rings. The van der Waals surface area contributed by atoms with Crippen LogP contribution >= 0.6 is 0 Å². The number of aryl methyl sites for hydroxylation is 1. The van der Waals surface area contributed by atoms with Crippen LogP contribution in [0.5, 0.6) is 0 Å². The van der Waals surface area contributed by atoms with Crippen LogP contribution in [0.2, 0.25) is 0 Å². The molecule has 1 aliphatic heterocycles. The topological polar surface area (TPSA) is 58.4 Å². The van der Waals surface area contributed by atoms with Gasteiger partial charge < -0.3 is 14.7 Å². The Morgan fingerprint density at radius 3 is 3.05 bits per heavy atom. The lowest BCUT2D eigenvalue weighted by molar-refractivity contribution is 0.195. The highest BCUT2D eigenvalue weighted by molar-refractivity contribution is 5.89. The first-order valence-electron chi connectivity index (χ1n) is 6.90. The summed E-state index contributed by atoms with van der Waals surface area (Å²) in [6, 6.07) is 7.33. The van der Waals surface area contributed by atoms with Crippen LogP contribution in [0.15, 0.2) is 34.9 Å². The molecule has 3 rings (SSSR count). The highest BCUT2D eigenvalue weighted by Crippen LogP contribution is 2.32. The van der Waals surface area contributed by atoms with E-state index in [0.717, 1.165) is 18.5 Å². The molecule has 1 saturated heterocycles. The fourth-order valence-electron chi connectivity index (χ4n) is 2.61. The van der Waals surface area contributed by atoms with Gasteiger partial charge in [-0.2, -0.15) is 0 Å². The van der Waals surface area contributed by atoms with Gasteiger partial charge in [0.2, 0.25) is 0 Å². The van der Waals surface area contributed by atoms with Crippen molar-refractivity contribution in [2.45, 2.75) is 25.8 Å². The number of aromatic nitrogens is 1. The Labute approximate surface area is 121 Å². The SMILES string of the molecule is Cc1cc(C2CCCN2C(=O)Nc2cccc(F)c2)on1. The largest absolute Gasteiger partial charge is 0.359 e. The van der Waals surface area contributed by atoms with Gasteiger partial charge in [0.15, 0.2) is 5.76 Å². The lowest BCUT2D eigenvalue weighted by atomic mass is 10.1. The molecular formula is C15H16FN3O2. The maximum Gasteiger partial charge on any atom is 0.322 e. The van der Waals surface area contributed by atoms with E-state index in [2.05, 4.69) is 10.5 Å². The second kappa shape index (κ2) is 5.55. The molecule has 1 unspecified atom stereocenters. The molecule has 6 heteroatoms. The quantitative estimate of drug-likeness (QED) is 0.920. The van der Waals surface area contributed by atoms with Crippen LogP contribution in [0.1, 0.15) is 30.3 Å². The van der Waals surface area contributed by atoms with E-state index in [1.165, 1.54) is 12.1 Å².